The van der Waals surface area contributed by atoms with Crippen LogP contribution in [0.3, 0.4) is 0 Å². The van der Waals surface area contributed by atoms with E-state index >= 15 is 0 Å². The number of esters is 1. The van der Waals surface area contributed by atoms with Crippen LogP contribution in [0.15, 0.2) is 34.9 Å². The monoisotopic (exact) mass is 324 g/mol. The Kier molecular flexibility index (Phi) is 4.21. The van der Waals surface area contributed by atoms with Gasteiger partial charge in [-0.1, -0.05) is 12.1 Å². The molecule has 0 radical (unpaired) electrons. The third-order valence-corrected chi connectivity index (χ3v) is 3.02. The van der Waals surface area contributed by atoms with Crippen molar-refractivity contribution in [2.24, 2.45) is 0 Å². The summed E-state index contributed by atoms with van der Waals surface area (Å²) in [7, 11) is 2.97. The molecule has 0 saturated heterocycles. The fourth-order valence-corrected chi connectivity index (χ4v) is 2.09. The summed E-state index contributed by atoms with van der Waals surface area (Å²) in [6.45, 7) is 0.486. The third kappa shape index (κ3) is 3.14. The highest BCUT2D eigenvalue weighted by Crippen LogP contribution is 2.16. The van der Waals surface area contributed by atoms with Gasteiger partial charge in [0.2, 0.25) is 0 Å². The molecule has 0 N–H and O–H groups in total. The number of hydrogen-bond acceptors (Lipinski definition) is 4. The molecular formula is C13H13BrN2O3. The van der Waals surface area contributed by atoms with Gasteiger partial charge >= 0.3 is 5.97 Å². The van der Waals surface area contributed by atoms with E-state index in [1.165, 1.54) is 7.11 Å². The fraction of sp³-hybridized carbons (Fsp3) is 0.231. The molecule has 1 aromatic carbocycles. The van der Waals surface area contributed by atoms with Gasteiger partial charge in [-0.05, 0) is 33.6 Å². The van der Waals surface area contributed by atoms with E-state index in [0.29, 0.717) is 16.8 Å². The van der Waals surface area contributed by atoms with Crippen LogP contribution in [-0.2, 0) is 11.3 Å². The summed E-state index contributed by atoms with van der Waals surface area (Å²) in [6, 6.07) is 9.22. The van der Waals surface area contributed by atoms with Crippen LogP contribution in [0.5, 0.6) is 5.75 Å². The lowest BCUT2D eigenvalue weighted by atomic mass is 10.2. The zero-order chi connectivity index (χ0) is 13.8. The number of benzene rings is 1. The van der Waals surface area contributed by atoms with Crippen molar-refractivity contribution in [3.05, 3.63) is 46.2 Å². The Labute approximate surface area is 119 Å². The van der Waals surface area contributed by atoms with Crippen molar-refractivity contribution < 1.29 is 14.3 Å². The molecule has 0 aliphatic carbocycles. The molecule has 0 fully saturated rings. The maximum Gasteiger partial charge on any atom is 0.356 e. The summed E-state index contributed by atoms with van der Waals surface area (Å²) in [5.74, 6) is 0.380. The van der Waals surface area contributed by atoms with Crippen molar-refractivity contribution in [3.63, 3.8) is 0 Å². The zero-order valence-electron chi connectivity index (χ0n) is 10.6. The van der Waals surface area contributed by atoms with E-state index in [2.05, 4.69) is 21.0 Å². The molecular weight excluding hydrogens is 312 g/mol. The molecule has 0 bridgehead atoms. The number of hydrogen-bond donors (Lipinski definition) is 0. The summed E-state index contributed by atoms with van der Waals surface area (Å²) in [5.41, 5.74) is 1.42. The first kappa shape index (κ1) is 13.6. The quantitative estimate of drug-likeness (QED) is 0.811. The van der Waals surface area contributed by atoms with Gasteiger partial charge in [-0.25, -0.2) is 4.79 Å². The first-order valence-electron chi connectivity index (χ1n) is 5.58. The third-order valence-electron chi connectivity index (χ3n) is 2.64. The number of rotatable bonds is 4. The van der Waals surface area contributed by atoms with Gasteiger partial charge in [0, 0.05) is 6.07 Å². The van der Waals surface area contributed by atoms with E-state index in [-0.39, 0.29) is 0 Å². The smallest absolute Gasteiger partial charge is 0.356 e. The summed E-state index contributed by atoms with van der Waals surface area (Å²) < 4.78 is 12.0. The molecule has 0 saturated carbocycles. The second-order valence-corrected chi connectivity index (χ2v) is 4.66. The average molecular weight is 325 g/mol. The molecule has 19 heavy (non-hydrogen) atoms. The number of ether oxygens (including phenoxy) is 2. The Morgan fingerprint density at radius 1 is 1.32 bits per heavy atom. The standard InChI is InChI=1S/C13H13BrN2O3/c1-18-10-5-3-9(4-6-10)8-16-11(13(17)19-2)7-12(14)15-16/h3-7H,8H2,1-2H3. The number of nitrogens with zero attached hydrogens (tertiary/aromatic N) is 2. The molecule has 2 rings (SSSR count). The minimum Gasteiger partial charge on any atom is -0.497 e. The largest absolute Gasteiger partial charge is 0.497 e. The van der Waals surface area contributed by atoms with Crippen LogP contribution in [0.1, 0.15) is 16.1 Å². The molecule has 0 amide bonds. The van der Waals surface area contributed by atoms with Crippen LogP contribution < -0.4 is 4.74 Å². The Hall–Kier alpha value is -1.82. The fourth-order valence-electron chi connectivity index (χ4n) is 1.68. The lowest BCUT2D eigenvalue weighted by molar-refractivity contribution is 0.0587. The Balaban J connectivity index is 2.24. The molecule has 6 heteroatoms. The van der Waals surface area contributed by atoms with Crippen LogP contribution in [0, 0.1) is 0 Å². The number of carbonyl (C=O) groups is 1. The molecule has 0 unspecified atom stereocenters. The van der Waals surface area contributed by atoms with E-state index in [9.17, 15) is 4.79 Å². The number of halogens is 1. The normalized spacial score (nSPS) is 10.3. The SMILES string of the molecule is COC(=O)c1cc(Br)nn1Cc1ccc(OC)cc1. The van der Waals surface area contributed by atoms with Gasteiger partial charge in [0.15, 0.2) is 0 Å². The molecule has 0 aliphatic rings. The molecule has 0 aliphatic heterocycles. The van der Waals surface area contributed by atoms with E-state index in [4.69, 9.17) is 9.47 Å². The lowest BCUT2D eigenvalue weighted by Gasteiger charge is -2.07. The molecule has 5 nitrogen and oxygen atoms in total. The van der Waals surface area contributed by atoms with E-state index < -0.39 is 5.97 Å². The highest BCUT2D eigenvalue weighted by Gasteiger charge is 2.15. The Bertz CT molecular complexity index is 578. The summed E-state index contributed by atoms with van der Waals surface area (Å²) in [6.07, 6.45) is 0. The predicted octanol–water partition coefficient (Wildman–Crippen LogP) is 2.49. The van der Waals surface area contributed by atoms with Gasteiger partial charge in [-0.3, -0.25) is 4.68 Å². The minimum absolute atomic E-state index is 0.408. The van der Waals surface area contributed by atoms with Crippen molar-refractivity contribution in [1.82, 2.24) is 9.78 Å². The van der Waals surface area contributed by atoms with Crippen molar-refractivity contribution in [2.75, 3.05) is 14.2 Å². The first-order chi connectivity index (χ1) is 9.13. The van der Waals surface area contributed by atoms with Crippen LogP contribution in [0.2, 0.25) is 0 Å². The number of carbonyl (C=O) groups excluding carboxylic acids is 1. The maximum absolute atomic E-state index is 11.6. The van der Waals surface area contributed by atoms with Crippen molar-refractivity contribution in [1.29, 1.82) is 0 Å². The topological polar surface area (TPSA) is 53.3 Å². The zero-order valence-corrected chi connectivity index (χ0v) is 12.2. The summed E-state index contributed by atoms with van der Waals surface area (Å²) >= 11 is 3.26. The highest BCUT2D eigenvalue weighted by atomic mass is 79.9. The predicted molar refractivity (Wildman–Crippen MR) is 73.4 cm³/mol. The Morgan fingerprint density at radius 3 is 2.58 bits per heavy atom. The van der Waals surface area contributed by atoms with E-state index in [0.717, 1.165) is 11.3 Å². The van der Waals surface area contributed by atoms with E-state index in [1.54, 1.807) is 17.9 Å². The van der Waals surface area contributed by atoms with Gasteiger partial charge in [-0.15, -0.1) is 0 Å². The highest BCUT2D eigenvalue weighted by molar-refractivity contribution is 9.10. The van der Waals surface area contributed by atoms with Crippen LogP contribution >= 0.6 is 15.9 Å². The van der Waals surface area contributed by atoms with Crippen molar-refractivity contribution in [3.8, 4) is 5.75 Å². The van der Waals surface area contributed by atoms with Gasteiger partial charge in [0.1, 0.15) is 16.0 Å². The lowest BCUT2D eigenvalue weighted by Crippen LogP contribution is -2.12. The van der Waals surface area contributed by atoms with Gasteiger partial charge in [0.05, 0.1) is 20.8 Å². The van der Waals surface area contributed by atoms with Gasteiger partial charge < -0.3 is 9.47 Å². The number of methoxy groups -OCH3 is 2. The Morgan fingerprint density at radius 2 is 2.00 bits per heavy atom. The number of aromatic nitrogens is 2. The molecule has 1 aromatic heterocycles. The molecule has 0 spiro atoms. The first-order valence-corrected chi connectivity index (χ1v) is 6.38. The second-order valence-electron chi connectivity index (χ2n) is 3.85. The summed E-state index contributed by atoms with van der Waals surface area (Å²) in [5, 5.41) is 4.22. The summed E-state index contributed by atoms with van der Waals surface area (Å²) in [4.78, 5) is 11.6. The van der Waals surface area contributed by atoms with E-state index in [1.807, 2.05) is 24.3 Å². The van der Waals surface area contributed by atoms with Crippen LogP contribution in [0.25, 0.3) is 0 Å². The molecule has 0 atom stereocenters. The van der Waals surface area contributed by atoms with Gasteiger partial charge in [0.25, 0.3) is 0 Å². The maximum atomic E-state index is 11.6. The molecule has 100 valence electrons. The van der Waals surface area contributed by atoms with Gasteiger partial charge in [-0.2, -0.15) is 5.10 Å². The van der Waals surface area contributed by atoms with Crippen LogP contribution in [-0.4, -0.2) is 30.0 Å². The van der Waals surface area contributed by atoms with Crippen molar-refractivity contribution >= 4 is 21.9 Å². The molecule has 1 heterocycles. The minimum atomic E-state index is -0.410. The average Bonchev–Trinajstić information content (AvgIpc) is 2.79. The second kappa shape index (κ2) is 5.88. The van der Waals surface area contributed by atoms with Crippen molar-refractivity contribution in [2.45, 2.75) is 6.54 Å². The van der Waals surface area contributed by atoms with Crippen LogP contribution in [0.4, 0.5) is 0 Å². The molecule has 2 aromatic rings.